The van der Waals surface area contributed by atoms with Crippen molar-refractivity contribution < 1.29 is 9.84 Å². The third-order valence-corrected chi connectivity index (χ3v) is 3.10. The van der Waals surface area contributed by atoms with Crippen LogP contribution in [0.5, 0.6) is 5.75 Å². The number of rotatable bonds is 5. The number of halogens is 1. The second-order valence-corrected chi connectivity index (χ2v) is 4.64. The van der Waals surface area contributed by atoms with Gasteiger partial charge in [0.1, 0.15) is 18.5 Å². The number of nitrogens with zero attached hydrogens (tertiary/aromatic N) is 1. The fourth-order valence-electron chi connectivity index (χ4n) is 2.20. The summed E-state index contributed by atoms with van der Waals surface area (Å²) in [5.74, 6) is 0.824. The summed E-state index contributed by atoms with van der Waals surface area (Å²) in [5, 5.41) is 9.90. The van der Waals surface area contributed by atoms with Gasteiger partial charge in [-0.2, -0.15) is 0 Å². The maximum absolute atomic E-state index is 9.90. The Morgan fingerprint density at radius 2 is 1.78 bits per heavy atom. The van der Waals surface area contributed by atoms with Gasteiger partial charge in [0.25, 0.3) is 0 Å². The van der Waals surface area contributed by atoms with Crippen LogP contribution in [0.15, 0.2) is 30.3 Å². The zero-order chi connectivity index (χ0) is 11.9. The van der Waals surface area contributed by atoms with E-state index in [2.05, 4.69) is 4.90 Å². The smallest absolute Gasteiger partial charge is 0.119 e. The van der Waals surface area contributed by atoms with Gasteiger partial charge in [0, 0.05) is 6.54 Å². The summed E-state index contributed by atoms with van der Waals surface area (Å²) < 4.78 is 5.53. The number of piperidine rings is 1. The van der Waals surface area contributed by atoms with Crippen LogP contribution in [-0.4, -0.2) is 42.4 Å². The second-order valence-electron chi connectivity index (χ2n) is 4.64. The molecule has 1 unspecified atom stereocenters. The van der Waals surface area contributed by atoms with Gasteiger partial charge >= 0.3 is 0 Å². The molecule has 102 valence electrons. The molecule has 1 aliphatic heterocycles. The van der Waals surface area contributed by atoms with Gasteiger partial charge in [-0.25, -0.2) is 0 Å². The molecule has 0 amide bonds. The van der Waals surface area contributed by atoms with Crippen molar-refractivity contribution in [3.8, 4) is 5.75 Å². The SMILES string of the molecule is Cl.OC(COc1ccccc1)CN1CCCCC1. The molecular weight excluding hydrogens is 250 g/mol. The van der Waals surface area contributed by atoms with Crippen molar-refractivity contribution in [1.29, 1.82) is 0 Å². The second kappa shape index (κ2) is 8.35. The number of aliphatic hydroxyl groups is 1. The Labute approximate surface area is 115 Å². The lowest BCUT2D eigenvalue weighted by atomic mass is 10.1. The van der Waals surface area contributed by atoms with E-state index < -0.39 is 6.10 Å². The molecule has 0 aromatic heterocycles. The fourth-order valence-corrected chi connectivity index (χ4v) is 2.20. The number of β-amino-alcohol motifs (C(OH)–C–C–N with tert-alkyl or cyclic N) is 1. The van der Waals surface area contributed by atoms with Crippen molar-refractivity contribution in [2.24, 2.45) is 0 Å². The molecule has 2 rings (SSSR count). The third kappa shape index (κ3) is 5.25. The van der Waals surface area contributed by atoms with E-state index in [1.807, 2.05) is 30.3 Å². The molecule has 0 spiro atoms. The minimum atomic E-state index is -0.395. The van der Waals surface area contributed by atoms with Crippen LogP contribution in [0.2, 0.25) is 0 Å². The number of likely N-dealkylation sites (tertiary alicyclic amines) is 1. The van der Waals surface area contributed by atoms with Crippen LogP contribution in [0.3, 0.4) is 0 Å². The van der Waals surface area contributed by atoms with Gasteiger partial charge in [-0.15, -0.1) is 12.4 Å². The normalized spacial score (nSPS) is 17.8. The molecule has 0 saturated carbocycles. The molecule has 1 aliphatic rings. The van der Waals surface area contributed by atoms with E-state index in [-0.39, 0.29) is 12.4 Å². The Morgan fingerprint density at radius 3 is 2.44 bits per heavy atom. The van der Waals surface area contributed by atoms with Crippen LogP contribution in [0, 0.1) is 0 Å². The average Bonchev–Trinajstić information content (AvgIpc) is 2.39. The summed E-state index contributed by atoms with van der Waals surface area (Å²) >= 11 is 0. The zero-order valence-corrected chi connectivity index (χ0v) is 11.4. The van der Waals surface area contributed by atoms with Crippen molar-refractivity contribution in [1.82, 2.24) is 4.90 Å². The van der Waals surface area contributed by atoms with Crippen molar-refractivity contribution in [2.45, 2.75) is 25.4 Å². The minimum absolute atomic E-state index is 0. The van der Waals surface area contributed by atoms with Gasteiger partial charge in [0.15, 0.2) is 0 Å². The van der Waals surface area contributed by atoms with E-state index in [9.17, 15) is 5.11 Å². The molecule has 3 nitrogen and oxygen atoms in total. The predicted molar refractivity (Wildman–Crippen MR) is 75.5 cm³/mol. The van der Waals surface area contributed by atoms with Crippen LogP contribution in [0.4, 0.5) is 0 Å². The van der Waals surface area contributed by atoms with Gasteiger partial charge in [0.05, 0.1) is 0 Å². The summed E-state index contributed by atoms with van der Waals surface area (Å²) in [5.41, 5.74) is 0. The molecule has 0 radical (unpaired) electrons. The molecule has 18 heavy (non-hydrogen) atoms. The molecule has 0 aliphatic carbocycles. The minimum Gasteiger partial charge on any atom is -0.491 e. The highest BCUT2D eigenvalue weighted by atomic mass is 35.5. The van der Waals surface area contributed by atoms with Gasteiger partial charge in [-0.05, 0) is 38.1 Å². The van der Waals surface area contributed by atoms with Crippen molar-refractivity contribution in [3.63, 3.8) is 0 Å². The Balaban J connectivity index is 0.00000162. The lowest BCUT2D eigenvalue weighted by Gasteiger charge is -2.28. The maximum atomic E-state index is 9.90. The highest BCUT2D eigenvalue weighted by Gasteiger charge is 2.14. The monoisotopic (exact) mass is 271 g/mol. The molecule has 4 heteroatoms. The van der Waals surface area contributed by atoms with Gasteiger partial charge in [0.2, 0.25) is 0 Å². The van der Waals surface area contributed by atoms with E-state index >= 15 is 0 Å². The number of aliphatic hydroxyl groups excluding tert-OH is 1. The van der Waals surface area contributed by atoms with Gasteiger partial charge in [-0.1, -0.05) is 24.6 Å². The van der Waals surface area contributed by atoms with E-state index in [0.717, 1.165) is 25.4 Å². The first-order valence-corrected chi connectivity index (χ1v) is 6.43. The topological polar surface area (TPSA) is 32.7 Å². The lowest BCUT2D eigenvalue weighted by Crippen LogP contribution is -2.38. The Kier molecular flexibility index (Phi) is 7.09. The van der Waals surface area contributed by atoms with E-state index in [0.29, 0.717) is 6.61 Å². The van der Waals surface area contributed by atoms with E-state index in [1.54, 1.807) is 0 Å². The number of benzene rings is 1. The predicted octanol–water partition coefficient (Wildman–Crippen LogP) is 2.33. The molecule has 1 aromatic rings. The summed E-state index contributed by atoms with van der Waals surface area (Å²) in [6, 6.07) is 9.65. The van der Waals surface area contributed by atoms with E-state index in [4.69, 9.17) is 4.74 Å². The molecule has 1 saturated heterocycles. The van der Waals surface area contributed by atoms with Crippen molar-refractivity contribution >= 4 is 12.4 Å². The zero-order valence-electron chi connectivity index (χ0n) is 10.6. The number of hydrogen-bond donors (Lipinski definition) is 1. The molecule has 1 atom stereocenters. The largest absolute Gasteiger partial charge is 0.491 e. The molecule has 0 bridgehead atoms. The van der Waals surface area contributed by atoms with Crippen LogP contribution >= 0.6 is 12.4 Å². The summed E-state index contributed by atoms with van der Waals surface area (Å²) in [6.07, 6.45) is 3.44. The third-order valence-electron chi connectivity index (χ3n) is 3.10. The Bertz CT molecular complexity index is 315. The maximum Gasteiger partial charge on any atom is 0.119 e. The Hall–Kier alpha value is -0.770. The van der Waals surface area contributed by atoms with Crippen LogP contribution in [0.25, 0.3) is 0 Å². The molecule has 1 N–H and O–H groups in total. The van der Waals surface area contributed by atoms with Crippen molar-refractivity contribution in [3.05, 3.63) is 30.3 Å². The Morgan fingerprint density at radius 1 is 1.11 bits per heavy atom. The average molecular weight is 272 g/mol. The van der Waals surface area contributed by atoms with Gasteiger partial charge < -0.3 is 14.7 Å². The number of hydrogen-bond acceptors (Lipinski definition) is 3. The molecule has 1 fully saturated rings. The van der Waals surface area contributed by atoms with E-state index in [1.165, 1.54) is 19.3 Å². The quantitative estimate of drug-likeness (QED) is 0.892. The molecule has 1 aromatic carbocycles. The lowest BCUT2D eigenvalue weighted by molar-refractivity contribution is 0.0617. The first kappa shape index (κ1) is 15.3. The standard InChI is InChI=1S/C14H21NO2.ClH/c16-13(11-15-9-5-2-6-10-15)12-17-14-7-3-1-4-8-14;/h1,3-4,7-8,13,16H,2,5-6,9-12H2;1H. The first-order valence-electron chi connectivity index (χ1n) is 6.43. The first-order chi connectivity index (χ1) is 8.34. The summed E-state index contributed by atoms with van der Waals surface area (Å²) in [4.78, 5) is 2.32. The van der Waals surface area contributed by atoms with Crippen LogP contribution < -0.4 is 4.74 Å². The molecular formula is C14H22ClNO2. The van der Waals surface area contributed by atoms with Crippen LogP contribution in [-0.2, 0) is 0 Å². The highest BCUT2D eigenvalue weighted by Crippen LogP contribution is 2.11. The highest BCUT2D eigenvalue weighted by molar-refractivity contribution is 5.85. The summed E-state index contributed by atoms with van der Waals surface area (Å²) in [6.45, 7) is 3.33. The van der Waals surface area contributed by atoms with Crippen LogP contribution in [0.1, 0.15) is 19.3 Å². The summed E-state index contributed by atoms with van der Waals surface area (Å²) in [7, 11) is 0. The van der Waals surface area contributed by atoms with Crippen molar-refractivity contribution in [2.75, 3.05) is 26.2 Å². The van der Waals surface area contributed by atoms with Gasteiger partial charge in [-0.3, -0.25) is 0 Å². The number of ether oxygens (including phenoxy) is 1. The number of para-hydroxylation sites is 1. The molecule has 1 heterocycles. The fraction of sp³-hybridized carbons (Fsp3) is 0.571.